The first-order valence-corrected chi connectivity index (χ1v) is 7.08. The van der Waals surface area contributed by atoms with Gasteiger partial charge in [0.1, 0.15) is 5.52 Å². The molecule has 0 radical (unpaired) electrons. The number of anilines is 1. The molecule has 3 aromatic rings. The SMILES string of the molecule is CCN(CC)c1nc(Cl)nc(-n2nnc3ccccc32)n1. The first-order chi connectivity index (χ1) is 10.2. The number of hydrogen-bond acceptors (Lipinski definition) is 6. The highest BCUT2D eigenvalue weighted by molar-refractivity contribution is 6.28. The monoisotopic (exact) mass is 303 g/mol. The quantitative estimate of drug-likeness (QED) is 0.735. The zero-order valence-corrected chi connectivity index (χ0v) is 12.5. The second kappa shape index (κ2) is 5.61. The summed E-state index contributed by atoms with van der Waals surface area (Å²) >= 11 is 6.03. The Hall–Kier alpha value is -2.28. The Balaban J connectivity index is 2.14. The van der Waals surface area contributed by atoms with Gasteiger partial charge in [0.2, 0.25) is 11.2 Å². The molecule has 21 heavy (non-hydrogen) atoms. The van der Waals surface area contributed by atoms with Crippen LogP contribution in [0.5, 0.6) is 0 Å². The first kappa shape index (κ1) is 13.7. The summed E-state index contributed by atoms with van der Waals surface area (Å²) in [6, 6.07) is 7.61. The minimum atomic E-state index is 0.140. The van der Waals surface area contributed by atoms with E-state index in [1.165, 1.54) is 0 Å². The Morgan fingerprint density at radius 2 is 1.86 bits per heavy atom. The summed E-state index contributed by atoms with van der Waals surface area (Å²) < 4.78 is 1.57. The van der Waals surface area contributed by atoms with Crippen molar-refractivity contribution >= 4 is 28.6 Å². The fraction of sp³-hybridized carbons (Fsp3) is 0.308. The molecule has 3 rings (SSSR count). The van der Waals surface area contributed by atoms with Crippen molar-refractivity contribution in [3.05, 3.63) is 29.5 Å². The van der Waals surface area contributed by atoms with Crippen LogP contribution in [0.3, 0.4) is 0 Å². The van der Waals surface area contributed by atoms with Crippen molar-refractivity contribution in [3.8, 4) is 5.95 Å². The van der Waals surface area contributed by atoms with Crippen molar-refractivity contribution in [2.45, 2.75) is 13.8 Å². The lowest BCUT2D eigenvalue weighted by atomic mass is 10.3. The van der Waals surface area contributed by atoms with Gasteiger partial charge in [-0.05, 0) is 37.6 Å². The van der Waals surface area contributed by atoms with Gasteiger partial charge >= 0.3 is 0 Å². The van der Waals surface area contributed by atoms with E-state index in [1.807, 2.05) is 43.0 Å². The van der Waals surface area contributed by atoms with Gasteiger partial charge in [-0.2, -0.15) is 19.6 Å². The van der Waals surface area contributed by atoms with Crippen molar-refractivity contribution in [2.75, 3.05) is 18.0 Å². The molecule has 0 bridgehead atoms. The third-order valence-electron chi connectivity index (χ3n) is 3.17. The van der Waals surface area contributed by atoms with Crippen LogP contribution in [0.4, 0.5) is 5.95 Å². The van der Waals surface area contributed by atoms with Crippen LogP contribution in [0, 0.1) is 0 Å². The van der Waals surface area contributed by atoms with Crippen LogP contribution < -0.4 is 4.90 Å². The third-order valence-corrected chi connectivity index (χ3v) is 3.34. The van der Waals surface area contributed by atoms with Crippen molar-refractivity contribution in [2.24, 2.45) is 0 Å². The van der Waals surface area contributed by atoms with E-state index in [0.717, 1.165) is 24.1 Å². The van der Waals surface area contributed by atoms with E-state index in [1.54, 1.807) is 4.68 Å². The highest BCUT2D eigenvalue weighted by Crippen LogP contribution is 2.17. The van der Waals surface area contributed by atoms with Gasteiger partial charge in [-0.25, -0.2) is 0 Å². The van der Waals surface area contributed by atoms with E-state index in [4.69, 9.17) is 11.6 Å². The largest absolute Gasteiger partial charge is 0.341 e. The molecule has 0 spiro atoms. The predicted molar refractivity (Wildman–Crippen MR) is 80.8 cm³/mol. The van der Waals surface area contributed by atoms with Crippen LogP contribution in [-0.2, 0) is 0 Å². The fourth-order valence-electron chi connectivity index (χ4n) is 2.09. The molecule has 0 saturated carbocycles. The standard InChI is InChI=1S/C13H14ClN7/c1-3-20(4-2)12-15-11(14)16-13(17-12)21-10-8-6-5-7-9(10)18-19-21/h5-8H,3-4H2,1-2H3. The van der Waals surface area contributed by atoms with E-state index >= 15 is 0 Å². The molecule has 0 atom stereocenters. The average Bonchev–Trinajstić information content (AvgIpc) is 2.92. The van der Waals surface area contributed by atoms with E-state index in [9.17, 15) is 0 Å². The lowest BCUT2D eigenvalue weighted by molar-refractivity contribution is 0.745. The maximum atomic E-state index is 6.03. The van der Waals surface area contributed by atoms with Crippen LogP contribution in [0.25, 0.3) is 17.0 Å². The summed E-state index contributed by atoms with van der Waals surface area (Å²) in [4.78, 5) is 14.8. The summed E-state index contributed by atoms with van der Waals surface area (Å²) in [6.45, 7) is 5.64. The number of rotatable bonds is 4. The van der Waals surface area contributed by atoms with E-state index in [2.05, 4.69) is 25.3 Å². The molecule has 0 aliphatic heterocycles. The molecule has 0 fully saturated rings. The summed E-state index contributed by atoms with van der Waals surface area (Å²) in [5, 5.41) is 8.33. The van der Waals surface area contributed by atoms with Crippen LogP contribution in [0.15, 0.2) is 24.3 Å². The zero-order valence-electron chi connectivity index (χ0n) is 11.7. The Morgan fingerprint density at radius 3 is 2.62 bits per heavy atom. The molecule has 0 amide bonds. The van der Waals surface area contributed by atoms with Crippen LogP contribution >= 0.6 is 11.6 Å². The van der Waals surface area contributed by atoms with Crippen molar-refractivity contribution in [1.29, 1.82) is 0 Å². The first-order valence-electron chi connectivity index (χ1n) is 6.70. The molecular formula is C13H14ClN7. The maximum Gasteiger partial charge on any atom is 0.258 e. The van der Waals surface area contributed by atoms with Gasteiger partial charge < -0.3 is 4.90 Å². The topological polar surface area (TPSA) is 72.6 Å². The fourth-order valence-corrected chi connectivity index (χ4v) is 2.24. The molecule has 2 aromatic heterocycles. The van der Waals surface area contributed by atoms with Crippen LogP contribution in [0.1, 0.15) is 13.8 Å². The number of halogens is 1. The predicted octanol–water partition coefficient (Wildman–Crippen LogP) is 2.11. The molecule has 0 N–H and O–H groups in total. The Bertz CT molecular complexity index is 766. The minimum Gasteiger partial charge on any atom is -0.341 e. The molecule has 0 saturated heterocycles. The minimum absolute atomic E-state index is 0.140. The molecule has 8 heteroatoms. The van der Waals surface area contributed by atoms with Gasteiger partial charge in [-0.1, -0.05) is 17.3 Å². The summed E-state index contributed by atoms with van der Waals surface area (Å²) in [6.07, 6.45) is 0. The molecule has 0 aliphatic carbocycles. The third kappa shape index (κ3) is 2.52. The summed E-state index contributed by atoms with van der Waals surface area (Å²) in [5.41, 5.74) is 1.60. The molecule has 0 aliphatic rings. The normalized spacial score (nSPS) is 11.0. The second-order valence-corrected chi connectivity index (χ2v) is 4.70. The van der Waals surface area contributed by atoms with E-state index < -0.39 is 0 Å². The highest BCUT2D eigenvalue weighted by atomic mass is 35.5. The Kier molecular flexibility index (Phi) is 3.66. The number of aromatic nitrogens is 6. The van der Waals surface area contributed by atoms with Gasteiger partial charge in [0.15, 0.2) is 0 Å². The molecule has 108 valence electrons. The number of hydrogen-bond donors (Lipinski definition) is 0. The van der Waals surface area contributed by atoms with Gasteiger partial charge in [-0.3, -0.25) is 0 Å². The number of benzene rings is 1. The Morgan fingerprint density at radius 1 is 1.10 bits per heavy atom. The zero-order chi connectivity index (χ0) is 14.8. The summed E-state index contributed by atoms with van der Waals surface area (Å²) in [7, 11) is 0. The number of fused-ring (bicyclic) bond motifs is 1. The second-order valence-electron chi connectivity index (χ2n) is 4.37. The van der Waals surface area contributed by atoms with Crippen molar-refractivity contribution in [1.82, 2.24) is 29.9 Å². The Labute approximate surface area is 126 Å². The van der Waals surface area contributed by atoms with Crippen LogP contribution in [-0.4, -0.2) is 43.0 Å². The number of nitrogens with zero attached hydrogens (tertiary/aromatic N) is 7. The van der Waals surface area contributed by atoms with E-state index in [-0.39, 0.29) is 5.28 Å². The van der Waals surface area contributed by atoms with Crippen molar-refractivity contribution < 1.29 is 0 Å². The molecule has 0 unspecified atom stereocenters. The molecule has 1 aromatic carbocycles. The lowest BCUT2D eigenvalue weighted by Gasteiger charge is -2.18. The average molecular weight is 304 g/mol. The van der Waals surface area contributed by atoms with Gasteiger partial charge in [0.25, 0.3) is 5.95 Å². The molecule has 7 nitrogen and oxygen atoms in total. The highest BCUT2D eigenvalue weighted by Gasteiger charge is 2.14. The van der Waals surface area contributed by atoms with Crippen molar-refractivity contribution in [3.63, 3.8) is 0 Å². The molecular weight excluding hydrogens is 290 g/mol. The van der Waals surface area contributed by atoms with Gasteiger partial charge in [0, 0.05) is 13.1 Å². The van der Waals surface area contributed by atoms with Gasteiger partial charge in [0.05, 0.1) is 5.52 Å². The number of para-hydroxylation sites is 1. The maximum absolute atomic E-state index is 6.03. The van der Waals surface area contributed by atoms with E-state index in [0.29, 0.717) is 11.9 Å². The molecule has 2 heterocycles. The lowest BCUT2D eigenvalue weighted by Crippen LogP contribution is -2.25. The summed E-state index contributed by atoms with van der Waals surface area (Å²) in [5.74, 6) is 0.903. The van der Waals surface area contributed by atoms with Gasteiger partial charge in [-0.15, -0.1) is 5.10 Å². The van der Waals surface area contributed by atoms with Crippen LogP contribution in [0.2, 0.25) is 5.28 Å². The smallest absolute Gasteiger partial charge is 0.258 e.